The maximum absolute atomic E-state index is 6.14. The second-order valence-electron chi connectivity index (χ2n) is 5.36. The van der Waals surface area contributed by atoms with Crippen molar-refractivity contribution in [3.05, 3.63) is 61.1 Å². The Balaban J connectivity index is 2.02. The number of aromatic nitrogens is 3. The van der Waals surface area contributed by atoms with Crippen LogP contribution in [0.25, 0.3) is 27.9 Å². The molecule has 2 heterocycles. The van der Waals surface area contributed by atoms with Gasteiger partial charge in [0.25, 0.3) is 0 Å². The van der Waals surface area contributed by atoms with Crippen LogP contribution in [0.15, 0.2) is 61.1 Å². The van der Waals surface area contributed by atoms with Gasteiger partial charge in [0.2, 0.25) is 0 Å². The van der Waals surface area contributed by atoms with E-state index < -0.39 is 0 Å². The van der Waals surface area contributed by atoms with Crippen LogP contribution in [0.4, 0.5) is 5.82 Å². The van der Waals surface area contributed by atoms with Crippen LogP contribution in [0.2, 0.25) is 0 Å². The van der Waals surface area contributed by atoms with Crippen molar-refractivity contribution in [2.24, 2.45) is 0 Å². The molecule has 0 aliphatic heterocycles. The molecule has 1 aliphatic rings. The largest absolute Gasteiger partial charge is 0.383 e. The zero-order valence-electron chi connectivity index (χ0n) is 12.1. The van der Waals surface area contributed by atoms with Gasteiger partial charge in [-0.1, -0.05) is 42.5 Å². The van der Waals surface area contributed by atoms with E-state index in [1.807, 2.05) is 18.2 Å². The number of benzene rings is 1. The van der Waals surface area contributed by atoms with Crippen molar-refractivity contribution in [1.82, 2.24) is 14.5 Å². The van der Waals surface area contributed by atoms with Crippen LogP contribution in [0.3, 0.4) is 0 Å². The van der Waals surface area contributed by atoms with Crippen molar-refractivity contribution < 1.29 is 0 Å². The van der Waals surface area contributed by atoms with Gasteiger partial charge < -0.3 is 10.3 Å². The van der Waals surface area contributed by atoms with Crippen molar-refractivity contribution in [3.8, 4) is 11.1 Å². The number of fused-ring (bicyclic) bond motifs is 1. The Kier molecular flexibility index (Phi) is 3.00. The number of hydrogen-bond acceptors (Lipinski definition) is 3. The van der Waals surface area contributed by atoms with Crippen molar-refractivity contribution >= 4 is 22.5 Å². The van der Waals surface area contributed by atoms with Crippen LogP contribution in [0, 0.1) is 0 Å². The topological polar surface area (TPSA) is 56.7 Å². The van der Waals surface area contributed by atoms with Crippen LogP contribution >= 0.6 is 0 Å². The number of nitrogens with two attached hydrogens (primary N) is 1. The molecule has 0 bridgehead atoms. The molecule has 2 aromatic heterocycles. The van der Waals surface area contributed by atoms with E-state index in [2.05, 4.69) is 51.1 Å². The molecule has 0 amide bonds. The Labute approximate surface area is 128 Å². The number of allylic oxidation sites excluding steroid dienone is 4. The molecule has 0 atom stereocenters. The zero-order valence-corrected chi connectivity index (χ0v) is 12.1. The summed E-state index contributed by atoms with van der Waals surface area (Å²) in [5.74, 6) is 0.523. The van der Waals surface area contributed by atoms with Gasteiger partial charge >= 0.3 is 0 Å². The summed E-state index contributed by atoms with van der Waals surface area (Å²) in [6.45, 7) is 0. The lowest BCUT2D eigenvalue weighted by Crippen LogP contribution is -1.99. The van der Waals surface area contributed by atoms with Crippen LogP contribution in [0.1, 0.15) is 12.8 Å². The molecule has 4 rings (SSSR count). The minimum atomic E-state index is 0.523. The lowest BCUT2D eigenvalue weighted by Gasteiger charge is -2.11. The van der Waals surface area contributed by atoms with E-state index in [0.717, 1.165) is 35.0 Å². The predicted octanol–water partition coefficient (Wildman–Crippen LogP) is 3.87. The molecule has 3 aromatic rings. The first kappa shape index (κ1) is 12.8. The molecule has 4 nitrogen and oxygen atoms in total. The summed E-state index contributed by atoms with van der Waals surface area (Å²) < 4.78 is 2.14. The predicted molar refractivity (Wildman–Crippen MR) is 90.0 cm³/mol. The molecule has 4 heteroatoms. The molecule has 0 saturated heterocycles. The van der Waals surface area contributed by atoms with Gasteiger partial charge in [-0.2, -0.15) is 0 Å². The summed E-state index contributed by atoms with van der Waals surface area (Å²) in [5, 5.41) is 0.921. The Morgan fingerprint density at radius 1 is 1.09 bits per heavy atom. The molecule has 0 unspecified atom stereocenters. The molecular weight excluding hydrogens is 272 g/mol. The van der Waals surface area contributed by atoms with Crippen LogP contribution in [-0.4, -0.2) is 14.5 Å². The number of nitrogens with zero attached hydrogens (tertiary/aromatic N) is 3. The number of rotatable bonds is 2. The van der Waals surface area contributed by atoms with E-state index in [-0.39, 0.29) is 0 Å². The average Bonchev–Trinajstić information content (AvgIpc) is 2.98. The molecule has 0 radical (unpaired) electrons. The fourth-order valence-electron chi connectivity index (χ4n) is 2.93. The normalized spacial score (nSPS) is 14.3. The molecule has 0 fully saturated rings. The minimum absolute atomic E-state index is 0.523. The van der Waals surface area contributed by atoms with E-state index in [1.54, 1.807) is 0 Å². The summed E-state index contributed by atoms with van der Waals surface area (Å²) >= 11 is 0. The second-order valence-corrected chi connectivity index (χ2v) is 5.36. The third kappa shape index (κ3) is 2.00. The Bertz CT molecular complexity index is 888. The van der Waals surface area contributed by atoms with Crippen molar-refractivity contribution in [3.63, 3.8) is 0 Å². The maximum Gasteiger partial charge on any atom is 0.150 e. The number of anilines is 1. The van der Waals surface area contributed by atoms with Crippen LogP contribution in [0.5, 0.6) is 0 Å². The quantitative estimate of drug-likeness (QED) is 0.778. The fourth-order valence-corrected chi connectivity index (χ4v) is 2.93. The first-order valence-corrected chi connectivity index (χ1v) is 7.37. The highest BCUT2D eigenvalue weighted by Gasteiger charge is 2.16. The van der Waals surface area contributed by atoms with Gasteiger partial charge in [0.15, 0.2) is 0 Å². The van der Waals surface area contributed by atoms with E-state index in [1.165, 1.54) is 12.0 Å². The van der Waals surface area contributed by atoms with E-state index >= 15 is 0 Å². The lowest BCUT2D eigenvalue weighted by atomic mass is 10.1. The molecular formula is C18H16N4. The first-order chi connectivity index (χ1) is 10.8. The summed E-state index contributed by atoms with van der Waals surface area (Å²) in [5.41, 5.74) is 10.4. The second kappa shape index (κ2) is 5.15. The molecule has 108 valence electrons. The Morgan fingerprint density at radius 2 is 1.95 bits per heavy atom. The van der Waals surface area contributed by atoms with Crippen molar-refractivity contribution in [1.29, 1.82) is 0 Å². The SMILES string of the molecule is Nc1ncnc2c1c(-c1ccccc1)cn2C1=CC=CCC1. The molecule has 1 aromatic carbocycles. The Hall–Kier alpha value is -2.88. The van der Waals surface area contributed by atoms with Gasteiger partial charge in [-0.05, 0) is 24.5 Å². The third-order valence-corrected chi connectivity index (χ3v) is 4.00. The fraction of sp³-hybridized carbons (Fsp3) is 0.111. The van der Waals surface area contributed by atoms with Crippen LogP contribution < -0.4 is 5.73 Å². The minimum Gasteiger partial charge on any atom is -0.383 e. The summed E-state index contributed by atoms with van der Waals surface area (Å²) in [6, 6.07) is 10.2. The first-order valence-electron chi connectivity index (χ1n) is 7.37. The standard InChI is InChI=1S/C18H16N4/c19-17-16-15(13-7-3-1-4-8-13)11-22(18(16)21-12-20-17)14-9-5-2-6-10-14/h1-5,7-9,11-12H,6,10H2,(H2,19,20,21). The summed E-state index contributed by atoms with van der Waals surface area (Å²) in [4.78, 5) is 8.64. The monoisotopic (exact) mass is 288 g/mol. The van der Waals surface area contributed by atoms with Gasteiger partial charge in [-0.3, -0.25) is 0 Å². The average molecular weight is 288 g/mol. The lowest BCUT2D eigenvalue weighted by molar-refractivity contribution is 0.953. The van der Waals surface area contributed by atoms with Gasteiger partial charge in [-0.25, -0.2) is 9.97 Å². The Morgan fingerprint density at radius 3 is 2.73 bits per heavy atom. The van der Waals surface area contributed by atoms with Crippen molar-refractivity contribution in [2.45, 2.75) is 12.8 Å². The molecule has 1 aliphatic carbocycles. The summed E-state index contributed by atoms with van der Waals surface area (Å²) in [7, 11) is 0. The third-order valence-electron chi connectivity index (χ3n) is 4.00. The highest BCUT2D eigenvalue weighted by molar-refractivity contribution is 6.01. The van der Waals surface area contributed by atoms with Gasteiger partial charge in [0, 0.05) is 17.5 Å². The van der Waals surface area contributed by atoms with E-state index in [4.69, 9.17) is 5.73 Å². The zero-order chi connectivity index (χ0) is 14.9. The van der Waals surface area contributed by atoms with Gasteiger partial charge in [-0.15, -0.1) is 0 Å². The van der Waals surface area contributed by atoms with Gasteiger partial charge in [0.1, 0.15) is 17.8 Å². The summed E-state index contributed by atoms with van der Waals surface area (Å²) in [6.07, 6.45) is 12.1. The van der Waals surface area contributed by atoms with E-state index in [0.29, 0.717) is 5.82 Å². The van der Waals surface area contributed by atoms with E-state index in [9.17, 15) is 0 Å². The smallest absolute Gasteiger partial charge is 0.150 e. The number of hydrogen-bond donors (Lipinski definition) is 1. The van der Waals surface area contributed by atoms with Crippen LogP contribution in [-0.2, 0) is 0 Å². The maximum atomic E-state index is 6.14. The molecule has 0 saturated carbocycles. The molecule has 2 N–H and O–H groups in total. The highest BCUT2D eigenvalue weighted by atomic mass is 15.1. The highest BCUT2D eigenvalue weighted by Crippen LogP contribution is 2.35. The van der Waals surface area contributed by atoms with Crippen molar-refractivity contribution in [2.75, 3.05) is 5.73 Å². The molecule has 0 spiro atoms. The van der Waals surface area contributed by atoms with Gasteiger partial charge in [0.05, 0.1) is 5.39 Å². The molecule has 22 heavy (non-hydrogen) atoms. The number of nitrogen functional groups attached to an aromatic ring is 1.